The average molecular weight is 286 g/mol. The highest BCUT2D eigenvalue weighted by molar-refractivity contribution is 6.04. The first kappa shape index (κ1) is 14.7. The summed E-state index contributed by atoms with van der Waals surface area (Å²) in [4.78, 5) is 23.0. The number of rotatable bonds is 3. The van der Waals surface area contributed by atoms with E-state index in [2.05, 4.69) is 10.6 Å². The van der Waals surface area contributed by atoms with Crippen LogP contribution in [0.1, 0.15) is 22.8 Å². The van der Waals surface area contributed by atoms with Gasteiger partial charge < -0.3 is 10.6 Å². The van der Waals surface area contributed by atoms with Crippen molar-refractivity contribution in [2.75, 3.05) is 10.6 Å². The Balaban J connectivity index is 2.17. The second kappa shape index (κ2) is 6.17. The third-order valence-electron chi connectivity index (χ3n) is 2.91. The van der Waals surface area contributed by atoms with Crippen LogP contribution in [0.2, 0.25) is 0 Å². The minimum Gasteiger partial charge on any atom is -0.326 e. The third kappa shape index (κ3) is 3.66. The fourth-order valence-corrected chi connectivity index (χ4v) is 1.92. The van der Waals surface area contributed by atoms with E-state index >= 15 is 0 Å². The summed E-state index contributed by atoms with van der Waals surface area (Å²) >= 11 is 0. The quantitative estimate of drug-likeness (QED) is 0.909. The van der Waals surface area contributed by atoms with Gasteiger partial charge in [0.2, 0.25) is 5.91 Å². The van der Waals surface area contributed by atoms with Crippen molar-refractivity contribution in [2.45, 2.75) is 13.8 Å². The summed E-state index contributed by atoms with van der Waals surface area (Å²) in [5.41, 5.74) is 2.00. The molecule has 0 saturated carbocycles. The molecule has 0 bridgehead atoms. The Morgan fingerprint density at radius 1 is 1.05 bits per heavy atom. The maximum atomic E-state index is 13.5. The standard InChI is InChI=1S/C16H15FN2O2/c1-10-9-12(7-8-15(10)18-11(2)20)19-16(21)13-5-3-4-6-14(13)17/h3-9H,1-2H3,(H,18,20)(H,19,21). The molecule has 0 heterocycles. The lowest BCUT2D eigenvalue weighted by Crippen LogP contribution is -2.14. The smallest absolute Gasteiger partial charge is 0.258 e. The van der Waals surface area contributed by atoms with Gasteiger partial charge in [-0.05, 0) is 42.8 Å². The van der Waals surface area contributed by atoms with E-state index in [0.29, 0.717) is 11.4 Å². The number of carbonyl (C=O) groups excluding carboxylic acids is 2. The van der Waals surface area contributed by atoms with Crippen LogP contribution in [0.25, 0.3) is 0 Å². The molecule has 0 aliphatic rings. The van der Waals surface area contributed by atoms with Crippen molar-refractivity contribution in [2.24, 2.45) is 0 Å². The van der Waals surface area contributed by atoms with E-state index in [4.69, 9.17) is 0 Å². The van der Waals surface area contributed by atoms with Crippen LogP contribution in [0.4, 0.5) is 15.8 Å². The van der Waals surface area contributed by atoms with Crippen LogP contribution >= 0.6 is 0 Å². The summed E-state index contributed by atoms with van der Waals surface area (Å²) in [5, 5.41) is 5.31. The van der Waals surface area contributed by atoms with Crippen LogP contribution in [0, 0.1) is 12.7 Å². The zero-order valence-corrected chi connectivity index (χ0v) is 11.7. The Hall–Kier alpha value is -2.69. The molecule has 2 amide bonds. The zero-order chi connectivity index (χ0) is 15.4. The number of hydrogen-bond acceptors (Lipinski definition) is 2. The Morgan fingerprint density at radius 3 is 2.38 bits per heavy atom. The molecule has 0 spiro atoms. The molecule has 2 rings (SSSR count). The van der Waals surface area contributed by atoms with Crippen LogP contribution in [-0.4, -0.2) is 11.8 Å². The number of nitrogens with one attached hydrogen (secondary N) is 2. The van der Waals surface area contributed by atoms with Gasteiger partial charge in [0.1, 0.15) is 5.82 Å². The monoisotopic (exact) mass is 286 g/mol. The van der Waals surface area contributed by atoms with Crippen molar-refractivity contribution in [3.8, 4) is 0 Å². The lowest BCUT2D eigenvalue weighted by Gasteiger charge is -2.10. The predicted molar refractivity (Wildman–Crippen MR) is 79.8 cm³/mol. The minimum absolute atomic E-state index is 0.0129. The van der Waals surface area contributed by atoms with E-state index in [1.807, 2.05) is 6.92 Å². The van der Waals surface area contributed by atoms with Crippen LogP contribution in [0.3, 0.4) is 0 Å². The summed E-state index contributed by atoms with van der Waals surface area (Å²) in [7, 11) is 0. The molecule has 4 nitrogen and oxygen atoms in total. The molecule has 0 atom stereocenters. The highest BCUT2D eigenvalue weighted by Crippen LogP contribution is 2.20. The average Bonchev–Trinajstić information content (AvgIpc) is 2.42. The maximum Gasteiger partial charge on any atom is 0.258 e. The van der Waals surface area contributed by atoms with Gasteiger partial charge in [-0.1, -0.05) is 12.1 Å². The van der Waals surface area contributed by atoms with Gasteiger partial charge in [-0.15, -0.1) is 0 Å². The van der Waals surface area contributed by atoms with Gasteiger partial charge in [-0.25, -0.2) is 4.39 Å². The van der Waals surface area contributed by atoms with Crippen molar-refractivity contribution in [1.29, 1.82) is 0 Å². The molecule has 0 radical (unpaired) electrons. The van der Waals surface area contributed by atoms with Gasteiger partial charge >= 0.3 is 0 Å². The first-order valence-electron chi connectivity index (χ1n) is 6.41. The van der Waals surface area contributed by atoms with Crippen LogP contribution in [-0.2, 0) is 4.79 Å². The first-order chi connectivity index (χ1) is 9.97. The normalized spacial score (nSPS) is 10.0. The summed E-state index contributed by atoms with van der Waals surface area (Å²) < 4.78 is 13.5. The summed E-state index contributed by atoms with van der Waals surface area (Å²) in [6.07, 6.45) is 0. The van der Waals surface area contributed by atoms with Crippen molar-refractivity contribution < 1.29 is 14.0 Å². The lowest BCUT2D eigenvalue weighted by atomic mass is 10.1. The largest absolute Gasteiger partial charge is 0.326 e. The van der Waals surface area contributed by atoms with E-state index in [-0.39, 0.29) is 11.5 Å². The highest BCUT2D eigenvalue weighted by atomic mass is 19.1. The Bertz CT molecular complexity index is 698. The fraction of sp³-hybridized carbons (Fsp3) is 0.125. The second-order valence-corrected chi connectivity index (χ2v) is 4.64. The van der Waals surface area contributed by atoms with E-state index in [0.717, 1.165) is 5.56 Å². The predicted octanol–water partition coefficient (Wildman–Crippen LogP) is 3.34. The molecule has 0 fully saturated rings. The Kier molecular flexibility index (Phi) is 4.33. The van der Waals surface area contributed by atoms with Crippen molar-refractivity contribution in [3.05, 3.63) is 59.4 Å². The number of anilines is 2. The minimum atomic E-state index is -0.568. The molecule has 2 aromatic rings. The van der Waals surface area contributed by atoms with E-state index in [1.54, 1.807) is 24.3 Å². The van der Waals surface area contributed by atoms with Crippen molar-refractivity contribution >= 4 is 23.2 Å². The van der Waals surface area contributed by atoms with Crippen LogP contribution in [0.5, 0.6) is 0 Å². The number of hydrogen-bond donors (Lipinski definition) is 2. The van der Waals surface area contributed by atoms with Gasteiger partial charge in [0, 0.05) is 18.3 Å². The molecular weight excluding hydrogens is 271 g/mol. The summed E-state index contributed by atoms with van der Waals surface area (Å²) in [5.74, 6) is -1.25. The molecule has 0 unspecified atom stereocenters. The van der Waals surface area contributed by atoms with E-state index < -0.39 is 11.7 Å². The molecule has 21 heavy (non-hydrogen) atoms. The van der Waals surface area contributed by atoms with Gasteiger partial charge in [0.15, 0.2) is 0 Å². The molecule has 0 saturated heterocycles. The Morgan fingerprint density at radius 2 is 1.76 bits per heavy atom. The second-order valence-electron chi connectivity index (χ2n) is 4.64. The van der Waals surface area contributed by atoms with Crippen LogP contribution < -0.4 is 10.6 Å². The van der Waals surface area contributed by atoms with E-state index in [9.17, 15) is 14.0 Å². The number of halogens is 1. The molecule has 0 aliphatic carbocycles. The highest BCUT2D eigenvalue weighted by Gasteiger charge is 2.11. The molecule has 2 N–H and O–H groups in total. The zero-order valence-electron chi connectivity index (χ0n) is 11.7. The summed E-state index contributed by atoms with van der Waals surface area (Å²) in [6, 6.07) is 10.8. The fourth-order valence-electron chi connectivity index (χ4n) is 1.92. The SMILES string of the molecule is CC(=O)Nc1ccc(NC(=O)c2ccccc2F)cc1C. The molecule has 5 heteroatoms. The van der Waals surface area contributed by atoms with Crippen molar-refractivity contribution in [3.63, 3.8) is 0 Å². The number of amides is 2. The van der Waals surface area contributed by atoms with Crippen molar-refractivity contribution in [1.82, 2.24) is 0 Å². The van der Waals surface area contributed by atoms with Gasteiger partial charge in [-0.3, -0.25) is 9.59 Å². The maximum absolute atomic E-state index is 13.5. The molecule has 0 aromatic heterocycles. The topological polar surface area (TPSA) is 58.2 Å². The third-order valence-corrected chi connectivity index (χ3v) is 2.91. The Labute approximate surface area is 122 Å². The van der Waals surface area contributed by atoms with Crippen LogP contribution in [0.15, 0.2) is 42.5 Å². The van der Waals surface area contributed by atoms with E-state index in [1.165, 1.54) is 25.1 Å². The lowest BCUT2D eigenvalue weighted by molar-refractivity contribution is -0.114. The number of benzene rings is 2. The van der Waals surface area contributed by atoms with Gasteiger partial charge in [0.25, 0.3) is 5.91 Å². The number of aryl methyl sites for hydroxylation is 1. The molecule has 108 valence electrons. The first-order valence-corrected chi connectivity index (χ1v) is 6.41. The molecule has 0 aliphatic heterocycles. The summed E-state index contributed by atoms with van der Waals surface area (Å²) in [6.45, 7) is 3.23. The van der Waals surface area contributed by atoms with Gasteiger partial charge in [-0.2, -0.15) is 0 Å². The number of carbonyl (C=O) groups is 2. The van der Waals surface area contributed by atoms with Gasteiger partial charge in [0.05, 0.1) is 5.56 Å². The molecular formula is C16H15FN2O2. The molecule has 2 aromatic carbocycles.